The normalized spacial score (nSPS) is 9.67. The SMILES string of the molecule is C=C(C)CNC(=O)Cn1cccnc1=O. The van der Waals surface area contributed by atoms with Crippen LogP contribution in [0.25, 0.3) is 0 Å². The number of nitrogens with one attached hydrogen (secondary N) is 1. The standard InChI is InChI=1S/C10H13N3O2/c1-8(2)6-12-9(14)7-13-5-3-4-11-10(13)15/h3-5H,1,6-7H2,2H3,(H,12,14). The fraction of sp³-hybridized carbons (Fsp3) is 0.300. The number of aromatic nitrogens is 2. The fourth-order valence-corrected chi connectivity index (χ4v) is 0.968. The van der Waals surface area contributed by atoms with Crippen LogP contribution in [0.5, 0.6) is 0 Å². The van der Waals surface area contributed by atoms with Crippen LogP contribution in [0, 0.1) is 0 Å². The third-order valence-corrected chi connectivity index (χ3v) is 1.68. The van der Waals surface area contributed by atoms with Crippen molar-refractivity contribution in [1.82, 2.24) is 14.9 Å². The minimum Gasteiger partial charge on any atom is -0.351 e. The van der Waals surface area contributed by atoms with Crippen LogP contribution in [0.15, 0.2) is 35.4 Å². The van der Waals surface area contributed by atoms with E-state index in [-0.39, 0.29) is 12.5 Å². The van der Waals surface area contributed by atoms with Gasteiger partial charge in [-0.2, -0.15) is 0 Å². The minimum absolute atomic E-state index is 0.0139. The maximum absolute atomic E-state index is 11.3. The average molecular weight is 207 g/mol. The molecule has 0 aliphatic heterocycles. The van der Waals surface area contributed by atoms with Crippen LogP contribution in [0.1, 0.15) is 6.92 Å². The Morgan fingerprint density at radius 1 is 1.67 bits per heavy atom. The lowest BCUT2D eigenvalue weighted by Crippen LogP contribution is -2.33. The third kappa shape index (κ3) is 3.76. The Hall–Kier alpha value is -1.91. The highest BCUT2D eigenvalue weighted by atomic mass is 16.2. The molecule has 0 unspecified atom stereocenters. The van der Waals surface area contributed by atoms with Gasteiger partial charge in [-0.05, 0) is 13.0 Å². The zero-order valence-corrected chi connectivity index (χ0v) is 8.56. The molecular weight excluding hydrogens is 194 g/mol. The summed E-state index contributed by atoms with van der Waals surface area (Å²) < 4.78 is 1.24. The van der Waals surface area contributed by atoms with Gasteiger partial charge in [-0.3, -0.25) is 9.36 Å². The van der Waals surface area contributed by atoms with Crippen LogP contribution in [-0.4, -0.2) is 22.0 Å². The van der Waals surface area contributed by atoms with Crippen LogP contribution in [0.4, 0.5) is 0 Å². The van der Waals surface area contributed by atoms with E-state index >= 15 is 0 Å². The molecule has 5 nitrogen and oxygen atoms in total. The van der Waals surface area contributed by atoms with Gasteiger partial charge in [0.2, 0.25) is 5.91 Å². The highest BCUT2D eigenvalue weighted by Crippen LogP contribution is 1.84. The van der Waals surface area contributed by atoms with Gasteiger partial charge in [0.1, 0.15) is 6.54 Å². The van der Waals surface area contributed by atoms with E-state index in [0.717, 1.165) is 5.57 Å². The third-order valence-electron chi connectivity index (χ3n) is 1.68. The van der Waals surface area contributed by atoms with Gasteiger partial charge >= 0.3 is 5.69 Å². The number of amides is 1. The Bertz CT molecular complexity index is 423. The Morgan fingerprint density at radius 3 is 3.00 bits per heavy atom. The Kier molecular flexibility index (Phi) is 3.79. The van der Waals surface area contributed by atoms with Crippen molar-refractivity contribution in [2.75, 3.05) is 6.54 Å². The quantitative estimate of drug-likeness (QED) is 0.703. The Morgan fingerprint density at radius 2 is 2.40 bits per heavy atom. The topological polar surface area (TPSA) is 64.0 Å². The summed E-state index contributed by atoms with van der Waals surface area (Å²) >= 11 is 0. The Labute approximate surface area is 87.5 Å². The molecule has 1 rings (SSSR count). The predicted octanol–water partition coefficient (Wildman–Crippen LogP) is -0.0644. The molecule has 0 fully saturated rings. The summed E-state index contributed by atoms with van der Waals surface area (Å²) in [6.45, 7) is 5.88. The highest BCUT2D eigenvalue weighted by molar-refractivity contribution is 5.75. The maximum Gasteiger partial charge on any atom is 0.347 e. The number of nitrogens with zero attached hydrogens (tertiary/aromatic N) is 2. The van der Waals surface area contributed by atoms with E-state index in [2.05, 4.69) is 16.9 Å². The molecule has 0 aliphatic carbocycles. The molecule has 0 saturated heterocycles. The molecule has 0 aliphatic rings. The summed E-state index contributed by atoms with van der Waals surface area (Å²) in [5, 5.41) is 2.63. The number of carbonyl (C=O) groups is 1. The van der Waals surface area contributed by atoms with Crippen molar-refractivity contribution in [2.45, 2.75) is 13.5 Å². The molecule has 1 amide bonds. The van der Waals surface area contributed by atoms with Gasteiger partial charge in [-0.15, -0.1) is 0 Å². The summed E-state index contributed by atoms with van der Waals surface area (Å²) in [7, 11) is 0. The van der Waals surface area contributed by atoms with Gasteiger partial charge in [0.05, 0.1) is 0 Å². The van der Waals surface area contributed by atoms with E-state index in [0.29, 0.717) is 6.54 Å². The second-order valence-corrected chi connectivity index (χ2v) is 3.26. The van der Waals surface area contributed by atoms with Crippen molar-refractivity contribution in [3.8, 4) is 0 Å². The Balaban J connectivity index is 2.56. The van der Waals surface area contributed by atoms with E-state index in [1.807, 2.05) is 6.92 Å². The molecular formula is C10H13N3O2. The van der Waals surface area contributed by atoms with Gasteiger partial charge in [0.15, 0.2) is 0 Å². The van der Waals surface area contributed by atoms with Crippen molar-refractivity contribution in [3.63, 3.8) is 0 Å². The molecule has 0 radical (unpaired) electrons. The summed E-state index contributed by atoms with van der Waals surface area (Å²) in [4.78, 5) is 26.0. The van der Waals surface area contributed by atoms with E-state index in [9.17, 15) is 9.59 Å². The lowest BCUT2D eigenvalue weighted by atomic mass is 10.3. The van der Waals surface area contributed by atoms with Crippen molar-refractivity contribution < 1.29 is 4.79 Å². The highest BCUT2D eigenvalue weighted by Gasteiger charge is 2.03. The predicted molar refractivity (Wildman–Crippen MR) is 56.3 cm³/mol. The molecule has 0 atom stereocenters. The van der Waals surface area contributed by atoms with Gasteiger partial charge in [0.25, 0.3) is 0 Å². The molecule has 1 aromatic rings. The molecule has 1 N–H and O–H groups in total. The molecule has 0 spiro atoms. The van der Waals surface area contributed by atoms with E-state index in [1.54, 1.807) is 6.07 Å². The van der Waals surface area contributed by atoms with Crippen LogP contribution in [0.2, 0.25) is 0 Å². The zero-order valence-electron chi connectivity index (χ0n) is 8.56. The second kappa shape index (κ2) is 5.09. The molecule has 5 heteroatoms. The molecule has 0 aromatic carbocycles. The smallest absolute Gasteiger partial charge is 0.347 e. The van der Waals surface area contributed by atoms with Crippen LogP contribution >= 0.6 is 0 Å². The summed E-state index contributed by atoms with van der Waals surface area (Å²) in [5.41, 5.74) is 0.435. The molecule has 0 saturated carbocycles. The lowest BCUT2D eigenvalue weighted by molar-refractivity contribution is -0.121. The van der Waals surface area contributed by atoms with E-state index in [4.69, 9.17) is 0 Å². The largest absolute Gasteiger partial charge is 0.351 e. The van der Waals surface area contributed by atoms with E-state index < -0.39 is 5.69 Å². The van der Waals surface area contributed by atoms with Crippen molar-refractivity contribution in [1.29, 1.82) is 0 Å². The summed E-state index contributed by atoms with van der Waals surface area (Å²) in [6.07, 6.45) is 2.92. The first-order valence-electron chi connectivity index (χ1n) is 4.52. The number of rotatable bonds is 4. The number of hydrogen-bond donors (Lipinski definition) is 1. The maximum atomic E-state index is 11.3. The van der Waals surface area contributed by atoms with Crippen LogP contribution in [-0.2, 0) is 11.3 Å². The summed E-state index contributed by atoms with van der Waals surface area (Å²) in [6, 6.07) is 1.60. The molecule has 0 bridgehead atoms. The van der Waals surface area contributed by atoms with Crippen LogP contribution in [0.3, 0.4) is 0 Å². The molecule has 80 valence electrons. The first-order valence-corrected chi connectivity index (χ1v) is 4.52. The van der Waals surface area contributed by atoms with E-state index in [1.165, 1.54) is 17.0 Å². The van der Waals surface area contributed by atoms with Crippen molar-refractivity contribution >= 4 is 5.91 Å². The molecule has 15 heavy (non-hydrogen) atoms. The monoisotopic (exact) mass is 207 g/mol. The zero-order chi connectivity index (χ0) is 11.3. The van der Waals surface area contributed by atoms with Gasteiger partial charge < -0.3 is 5.32 Å². The van der Waals surface area contributed by atoms with Crippen LogP contribution < -0.4 is 11.0 Å². The lowest BCUT2D eigenvalue weighted by Gasteiger charge is -2.05. The average Bonchev–Trinajstić information content (AvgIpc) is 2.18. The minimum atomic E-state index is -0.428. The first-order chi connectivity index (χ1) is 7.09. The second-order valence-electron chi connectivity index (χ2n) is 3.26. The first kappa shape index (κ1) is 11.2. The van der Waals surface area contributed by atoms with Gasteiger partial charge in [0, 0.05) is 18.9 Å². The number of carbonyl (C=O) groups excluding carboxylic acids is 1. The van der Waals surface area contributed by atoms with Crippen molar-refractivity contribution in [2.24, 2.45) is 0 Å². The van der Waals surface area contributed by atoms with Crippen molar-refractivity contribution in [3.05, 3.63) is 41.1 Å². The summed E-state index contributed by atoms with van der Waals surface area (Å²) in [5.74, 6) is -0.229. The molecule has 1 aromatic heterocycles. The molecule has 1 heterocycles. The fourth-order valence-electron chi connectivity index (χ4n) is 0.968. The number of hydrogen-bond acceptors (Lipinski definition) is 3. The van der Waals surface area contributed by atoms with Gasteiger partial charge in [-0.1, -0.05) is 12.2 Å². The van der Waals surface area contributed by atoms with Gasteiger partial charge in [-0.25, -0.2) is 9.78 Å².